The van der Waals surface area contributed by atoms with Gasteiger partial charge in [-0.3, -0.25) is 37.3 Å². The minimum absolute atomic E-state index is 0.105. The van der Waals surface area contributed by atoms with Gasteiger partial charge in [0.05, 0.1) is 26.4 Å². The van der Waals surface area contributed by atoms with Gasteiger partial charge < -0.3 is 33.8 Å². The van der Waals surface area contributed by atoms with E-state index in [0.29, 0.717) is 25.7 Å². The summed E-state index contributed by atoms with van der Waals surface area (Å²) in [6.45, 7) is 9.55. The van der Waals surface area contributed by atoms with Crippen molar-refractivity contribution in [3.63, 3.8) is 0 Å². The van der Waals surface area contributed by atoms with Crippen LogP contribution in [-0.4, -0.2) is 96.7 Å². The first-order valence-corrected chi connectivity index (χ1v) is 41.5. The highest BCUT2D eigenvalue weighted by Gasteiger charge is 2.30. The third-order valence-electron chi connectivity index (χ3n) is 17.6. The summed E-state index contributed by atoms with van der Waals surface area (Å²) in [7, 11) is -9.90. The molecule has 0 aromatic heterocycles. The maximum atomic E-state index is 13.1. The Bertz CT molecular complexity index is 1810. The van der Waals surface area contributed by atoms with Crippen LogP contribution >= 0.6 is 15.6 Å². The van der Waals surface area contributed by atoms with Gasteiger partial charge in [-0.05, 0) is 37.5 Å². The summed E-state index contributed by atoms with van der Waals surface area (Å²) in [6, 6.07) is 0. The van der Waals surface area contributed by atoms with Crippen molar-refractivity contribution in [1.82, 2.24) is 0 Å². The first kappa shape index (κ1) is 91.1. The fraction of sp³-hybridized carbons (Fsp3) is 0.946. The molecule has 0 saturated carbocycles. The third kappa shape index (κ3) is 67.0. The molecule has 0 rings (SSSR count). The van der Waals surface area contributed by atoms with E-state index in [-0.39, 0.29) is 25.7 Å². The molecule has 0 aliphatic heterocycles. The molecule has 0 spiro atoms. The van der Waals surface area contributed by atoms with Gasteiger partial charge in [0.1, 0.15) is 19.3 Å². The largest absolute Gasteiger partial charge is 0.472 e. The van der Waals surface area contributed by atoms with E-state index in [2.05, 4.69) is 41.5 Å². The Kier molecular flexibility index (Phi) is 64.6. The molecule has 0 saturated heterocycles. The minimum atomic E-state index is -4.96. The van der Waals surface area contributed by atoms with Crippen LogP contribution in [0.15, 0.2) is 0 Å². The molecule has 0 aliphatic rings. The summed E-state index contributed by atoms with van der Waals surface area (Å²) < 4.78 is 68.4. The second-order valence-electron chi connectivity index (χ2n) is 27.4. The van der Waals surface area contributed by atoms with Gasteiger partial charge in [-0.1, -0.05) is 330 Å². The lowest BCUT2D eigenvalue weighted by atomic mass is 9.99. The van der Waals surface area contributed by atoms with Crippen LogP contribution in [-0.2, 0) is 65.4 Å². The van der Waals surface area contributed by atoms with Gasteiger partial charge in [-0.25, -0.2) is 9.13 Å². The van der Waals surface area contributed by atoms with Crippen LogP contribution in [0.2, 0.25) is 0 Å². The number of esters is 4. The molecule has 0 aromatic rings. The Morgan fingerprint density at radius 2 is 0.548 bits per heavy atom. The van der Waals surface area contributed by atoms with Crippen LogP contribution in [0.5, 0.6) is 0 Å². The third-order valence-corrected chi connectivity index (χ3v) is 19.5. The van der Waals surface area contributed by atoms with E-state index in [1.54, 1.807) is 0 Å². The van der Waals surface area contributed by atoms with E-state index >= 15 is 0 Å². The predicted molar refractivity (Wildman–Crippen MR) is 377 cm³/mol. The standard InChI is InChI=1S/C74H144O17P2/c1-7-10-12-14-16-18-19-20-21-22-23-24-25-26-27-33-40-46-52-58-73(78)90-69(63-85-72(77)57-51-45-39-32-29-28-31-37-43-49-55-67(6)9-3)64-88-92(80,81)86-60-68(75)61-87-93(82,83)89-65-70(62-84-71(76)56-50-44-38-30-17-15-13-11-8-2)91-74(79)59-53-47-41-35-34-36-42-48-54-66(4)5/h66-70,75H,7-65H2,1-6H3,(H,80,81)(H,82,83)/t67?,68-,69-,70-/m1/s1. The van der Waals surface area contributed by atoms with Crippen molar-refractivity contribution in [2.24, 2.45) is 11.8 Å². The van der Waals surface area contributed by atoms with E-state index < -0.39 is 97.5 Å². The van der Waals surface area contributed by atoms with E-state index in [1.165, 1.54) is 199 Å². The average Bonchev–Trinajstić information content (AvgIpc) is 3.19. The first-order chi connectivity index (χ1) is 44.9. The Hall–Kier alpha value is -1.94. The highest BCUT2D eigenvalue weighted by atomic mass is 31.2. The van der Waals surface area contributed by atoms with Crippen molar-refractivity contribution < 1.29 is 80.2 Å². The molecule has 19 heteroatoms. The van der Waals surface area contributed by atoms with Gasteiger partial charge in [-0.2, -0.15) is 0 Å². The predicted octanol–water partition coefficient (Wildman–Crippen LogP) is 21.6. The molecule has 0 fully saturated rings. The number of carbonyl (C=O) groups excluding carboxylic acids is 4. The molecule has 6 atom stereocenters. The second-order valence-corrected chi connectivity index (χ2v) is 30.3. The summed E-state index contributed by atoms with van der Waals surface area (Å²) >= 11 is 0. The van der Waals surface area contributed by atoms with Crippen LogP contribution in [0, 0.1) is 11.8 Å². The maximum Gasteiger partial charge on any atom is 0.472 e. The van der Waals surface area contributed by atoms with Crippen molar-refractivity contribution in [2.45, 2.75) is 400 Å². The highest BCUT2D eigenvalue weighted by molar-refractivity contribution is 7.47. The van der Waals surface area contributed by atoms with E-state index in [1.807, 2.05) is 0 Å². The van der Waals surface area contributed by atoms with Crippen molar-refractivity contribution in [3.8, 4) is 0 Å². The monoisotopic (exact) mass is 1370 g/mol. The van der Waals surface area contributed by atoms with Crippen LogP contribution in [0.3, 0.4) is 0 Å². The SMILES string of the molecule is CCCCCCCCCCCCCCCCCCCCCC(=O)O[C@H](COC(=O)CCCCCCCCCCCCC(C)CC)COP(=O)(O)OC[C@@H](O)COP(=O)(O)OC[C@@H](COC(=O)CCCCCCCCCCC)OC(=O)CCCCCCCCCCC(C)C. The normalized spacial score (nSPS) is 14.3. The fourth-order valence-corrected chi connectivity index (χ4v) is 12.8. The smallest absolute Gasteiger partial charge is 0.462 e. The number of phosphoric ester groups is 2. The number of aliphatic hydroxyl groups excluding tert-OH is 1. The number of rotatable bonds is 73. The number of unbranched alkanes of at least 4 members (excludes halogenated alkanes) is 42. The summed E-state index contributed by atoms with van der Waals surface area (Å²) in [4.78, 5) is 72.7. The Labute approximate surface area is 568 Å². The molecular formula is C74H144O17P2. The molecule has 0 aliphatic carbocycles. The maximum absolute atomic E-state index is 13.1. The van der Waals surface area contributed by atoms with Gasteiger partial charge in [0, 0.05) is 25.7 Å². The van der Waals surface area contributed by atoms with Crippen molar-refractivity contribution in [2.75, 3.05) is 39.6 Å². The van der Waals surface area contributed by atoms with Crippen LogP contribution < -0.4 is 0 Å². The van der Waals surface area contributed by atoms with E-state index in [0.717, 1.165) is 102 Å². The van der Waals surface area contributed by atoms with Crippen LogP contribution in [0.1, 0.15) is 382 Å². The molecule has 17 nitrogen and oxygen atoms in total. The number of aliphatic hydroxyl groups is 1. The van der Waals surface area contributed by atoms with Gasteiger partial charge in [-0.15, -0.1) is 0 Å². The Morgan fingerprint density at radius 1 is 0.312 bits per heavy atom. The molecule has 0 amide bonds. The van der Waals surface area contributed by atoms with Crippen molar-refractivity contribution in [3.05, 3.63) is 0 Å². The molecule has 3 N–H and O–H groups in total. The summed E-state index contributed by atoms with van der Waals surface area (Å²) in [5.41, 5.74) is 0. The molecule has 0 heterocycles. The zero-order valence-corrected chi connectivity index (χ0v) is 62.3. The number of phosphoric acid groups is 2. The lowest BCUT2D eigenvalue weighted by molar-refractivity contribution is -0.161. The summed E-state index contributed by atoms with van der Waals surface area (Å²) in [5.74, 6) is -0.593. The number of hydrogen-bond acceptors (Lipinski definition) is 15. The molecule has 0 bridgehead atoms. The minimum Gasteiger partial charge on any atom is -0.462 e. The zero-order chi connectivity index (χ0) is 68.6. The van der Waals surface area contributed by atoms with Gasteiger partial charge in [0.15, 0.2) is 12.2 Å². The summed E-state index contributed by atoms with van der Waals surface area (Å²) in [6.07, 6.45) is 52.8. The summed E-state index contributed by atoms with van der Waals surface area (Å²) in [5, 5.41) is 10.6. The van der Waals surface area contributed by atoms with Crippen molar-refractivity contribution >= 4 is 39.5 Å². The molecular weight excluding hydrogens is 1220 g/mol. The molecule has 93 heavy (non-hydrogen) atoms. The van der Waals surface area contributed by atoms with Gasteiger partial charge in [0.2, 0.25) is 0 Å². The number of hydrogen-bond donors (Lipinski definition) is 3. The zero-order valence-electron chi connectivity index (χ0n) is 60.6. The quantitative estimate of drug-likeness (QED) is 0.0222. The van der Waals surface area contributed by atoms with E-state index in [9.17, 15) is 43.2 Å². The molecule has 0 radical (unpaired) electrons. The second kappa shape index (κ2) is 66.0. The Balaban J connectivity index is 5.22. The lowest BCUT2D eigenvalue weighted by Gasteiger charge is -2.21. The van der Waals surface area contributed by atoms with Crippen LogP contribution in [0.25, 0.3) is 0 Å². The van der Waals surface area contributed by atoms with Crippen molar-refractivity contribution in [1.29, 1.82) is 0 Å². The first-order valence-electron chi connectivity index (χ1n) is 38.5. The van der Waals surface area contributed by atoms with Crippen LogP contribution in [0.4, 0.5) is 0 Å². The fourth-order valence-electron chi connectivity index (χ4n) is 11.3. The molecule has 552 valence electrons. The average molecular weight is 1370 g/mol. The van der Waals surface area contributed by atoms with Gasteiger partial charge >= 0.3 is 39.5 Å². The molecule has 3 unspecified atom stereocenters. The number of ether oxygens (including phenoxy) is 4. The van der Waals surface area contributed by atoms with Gasteiger partial charge in [0.25, 0.3) is 0 Å². The topological polar surface area (TPSA) is 237 Å². The lowest BCUT2D eigenvalue weighted by Crippen LogP contribution is -2.30. The number of carbonyl (C=O) groups is 4. The highest BCUT2D eigenvalue weighted by Crippen LogP contribution is 2.45. The molecule has 0 aromatic carbocycles. The van der Waals surface area contributed by atoms with E-state index in [4.69, 9.17) is 37.0 Å². The Morgan fingerprint density at radius 3 is 0.817 bits per heavy atom.